The maximum atomic E-state index is 13.5. The van der Waals surface area contributed by atoms with E-state index in [0.29, 0.717) is 18.1 Å². The summed E-state index contributed by atoms with van der Waals surface area (Å²) in [6, 6.07) is 20.7. The number of ether oxygens (including phenoxy) is 3. The van der Waals surface area contributed by atoms with Gasteiger partial charge in [-0.1, -0.05) is 56.3 Å². The molecule has 232 valence electrons. The molecule has 0 spiro atoms. The third-order valence-electron chi connectivity index (χ3n) is 6.31. The quantitative estimate of drug-likeness (QED) is 0.246. The maximum absolute atomic E-state index is 13.5. The number of rotatable bonds is 14. The van der Waals surface area contributed by atoms with E-state index in [1.807, 2.05) is 56.3 Å². The molecule has 0 heterocycles. The molecule has 0 aliphatic carbocycles. The number of amides is 1. The van der Waals surface area contributed by atoms with Crippen molar-refractivity contribution in [1.29, 1.82) is 0 Å². The number of hydrogen-bond donors (Lipinski definition) is 2. The highest BCUT2D eigenvalue weighted by molar-refractivity contribution is 7.89. The van der Waals surface area contributed by atoms with Gasteiger partial charge in [-0.05, 0) is 80.6 Å². The van der Waals surface area contributed by atoms with E-state index >= 15 is 0 Å². The van der Waals surface area contributed by atoms with Gasteiger partial charge in [0.25, 0.3) is 0 Å². The lowest BCUT2D eigenvalue weighted by Crippen LogP contribution is -2.53. The fraction of sp³-hybridized carbons (Fsp3) is 0.394. The second kappa shape index (κ2) is 15.0. The molecule has 3 aromatic carbocycles. The highest BCUT2D eigenvalue weighted by atomic mass is 32.2. The molecule has 0 fully saturated rings. The summed E-state index contributed by atoms with van der Waals surface area (Å²) in [4.78, 5) is 26.8. The lowest BCUT2D eigenvalue weighted by atomic mass is 10.0. The summed E-state index contributed by atoms with van der Waals surface area (Å²) >= 11 is 0. The molecule has 0 aliphatic rings. The van der Waals surface area contributed by atoms with Crippen molar-refractivity contribution in [3.05, 3.63) is 90.0 Å². The Morgan fingerprint density at radius 2 is 1.42 bits per heavy atom. The molecule has 0 bridgehead atoms. The van der Waals surface area contributed by atoms with Crippen molar-refractivity contribution < 1.29 is 32.2 Å². The van der Waals surface area contributed by atoms with Crippen LogP contribution in [0.25, 0.3) is 0 Å². The minimum atomic E-state index is -4.05. The van der Waals surface area contributed by atoms with Crippen molar-refractivity contribution in [3.63, 3.8) is 0 Å². The van der Waals surface area contributed by atoms with Crippen LogP contribution in [0.2, 0.25) is 0 Å². The van der Waals surface area contributed by atoms with E-state index < -0.39 is 39.6 Å². The molecule has 2 unspecified atom stereocenters. The molecule has 43 heavy (non-hydrogen) atoms. The SMILES string of the molecule is COc1ccc(S(=O)(=O)NC(CC(C)C)C(=O)NC(Cc2ccc(OCc3ccccc3)cc2)C(=O)OC(C)(C)C)cc1. The van der Waals surface area contributed by atoms with E-state index in [0.717, 1.165) is 11.1 Å². The molecular formula is C33H42N2O7S. The molecule has 0 aromatic heterocycles. The van der Waals surface area contributed by atoms with Crippen LogP contribution >= 0.6 is 0 Å². The van der Waals surface area contributed by atoms with Gasteiger partial charge in [0.05, 0.1) is 12.0 Å². The summed E-state index contributed by atoms with van der Waals surface area (Å²) in [7, 11) is -2.56. The summed E-state index contributed by atoms with van der Waals surface area (Å²) < 4.78 is 45.4. The van der Waals surface area contributed by atoms with Crippen LogP contribution in [0.4, 0.5) is 0 Å². The van der Waals surface area contributed by atoms with Gasteiger partial charge in [-0.15, -0.1) is 0 Å². The van der Waals surface area contributed by atoms with Gasteiger partial charge in [-0.2, -0.15) is 4.72 Å². The smallest absolute Gasteiger partial charge is 0.329 e. The third kappa shape index (κ3) is 11.0. The summed E-state index contributed by atoms with van der Waals surface area (Å²) in [6.45, 7) is 9.41. The van der Waals surface area contributed by atoms with Crippen LogP contribution in [0, 0.1) is 5.92 Å². The second-order valence-corrected chi connectivity index (χ2v) is 13.4. The van der Waals surface area contributed by atoms with Crippen LogP contribution in [0.1, 0.15) is 52.2 Å². The van der Waals surface area contributed by atoms with Gasteiger partial charge in [0.2, 0.25) is 15.9 Å². The normalized spacial score (nSPS) is 13.2. The van der Waals surface area contributed by atoms with E-state index in [2.05, 4.69) is 10.0 Å². The van der Waals surface area contributed by atoms with Gasteiger partial charge in [0.15, 0.2) is 0 Å². The van der Waals surface area contributed by atoms with Crippen molar-refractivity contribution in [3.8, 4) is 11.5 Å². The Balaban J connectivity index is 1.77. The number of carbonyl (C=O) groups excluding carboxylic acids is 2. The largest absolute Gasteiger partial charge is 0.497 e. The summed E-state index contributed by atoms with van der Waals surface area (Å²) in [5.74, 6) is -0.0874. The molecule has 3 rings (SSSR count). The van der Waals surface area contributed by atoms with E-state index in [4.69, 9.17) is 14.2 Å². The minimum Gasteiger partial charge on any atom is -0.497 e. The molecule has 3 aromatic rings. The van der Waals surface area contributed by atoms with Gasteiger partial charge in [-0.25, -0.2) is 13.2 Å². The van der Waals surface area contributed by atoms with Crippen molar-refractivity contribution in [2.24, 2.45) is 5.92 Å². The fourth-order valence-corrected chi connectivity index (χ4v) is 5.44. The second-order valence-electron chi connectivity index (χ2n) is 11.7. The molecule has 10 heteroatoms. The van der Waals surface area contributed by atoms with Crippen LogP contribution in [0.15, 0.2) is 83.8 Å². The molecule has 0 radical (unpaired) electrons. The Bertz CT molecular complexity index is 1430. The van der Waals surface area contributed by atoms with Gasteiger partial charge < -0.3 is 19.5 Å². The Hall–Kier alpha value is -3.89. The fourth-order valence-electron chi connectivity index (χ4n) is 4.23. The van der Waals surface area contributed by atoms with E-state index in [1.165, 1.54) is 31.4 Å². The zero-order chi connectivity index (χ0) is 31.6. The van der Waals surface area contributed by atoms with Crippen molar-refractivity contribution in [2.45, 2.75) is 76.6 Å². The molecule has 2 atom stereocenters. The zero-order valence-electron chi connectivity index (χ0n) is 25.6. The molecule has 2 N–H and O–H groups in total. The van der Waals surface area contributed by atoms with E-state index in [1.54, 1.807) is 32.9 Å². The predicted molar refractivity (Wildman–Crippen MR) is 165 cm³/mol. The first kappa shape index (κ1) is 33.6. The number of nitrogens with one attached hydrogen (secondary N) is 2. The Labute approximate surface area is 255 Å². The Morgan fingerprint density at radius 3 is 1.98 bits per heavy atom. The van der Waals surface area contributed by atoms with Gasteiger partial charge in [0.1, 0.15) is 35.8 Å². The molecule has 0 saturated heterocycles. The van der Waals surface area contributed by atoms with Crippen LogP contribution in [0.5, 0.6) is 11.5 Å². The lowest BCUT2D eigenvalue weighted by Gasteiger charge is -2.27. The van der Waals surface area contributed by atoms with E-state index in [9.17, 15) is 18.0 Å². The molecule has 9 nitrogen and oxygen atoms in total. The predicted octanol–water partition coefficient (Wildman–Crippen LogP) is 5.04. The lowest BCUT2D eigenvalue weighted by molar-refractivity contribution is -0.158. The first-order valence-electron chi connectivity index (χ1n) is 14.2. The number of carbonyl (C=O) groups is 2. The Morgan fingerprint density at radius 1 is 0.814 bits per heavy atom. The number of hydrogen-bond acceptors (Lipinski definition) is 7. The Kier molecular flexibility index (Phi) is 11.7. The number of methoxy groups -OCH3 is 1. The average Bonchev–Trinajstić information content (AvgIpc) is 2.95. The molecular weight excluding hydrogens is 568 g/mol. The van der Waals surface area contributed by atoms with Crippen molar-refractivity contribution in [2.75, 3.05) is 7.11 Å². The highest BCUT2D eigenvalue weighted by Gasteiger charge is 2.32. The summed E-state index contributed by atoms with van der Waals surface area (Å²) in [5.41, 5.74) is 1.02. The van der Waals surface area contributed by atoms with Crippen LogP contribution in [-0.4, -0.2) is 45.1 Å². The van der Waals surface area contributed by atoms with Crippen molar-refractivity contribution >= 4 is 21.9 Å². The maximum Gasteiger partial charge on any atom is 0.329 e. The summed E-state index contributed by atoms with van der Waals surface area (Å²) in [6.07, 6.45) is 0.356. The minimum absolute atomic E-state index is 0.00637. The molecule has 0 aliphatic heterocycles. The average molecular weight is 611 g/mol. The number of sulfonamides is 1. The number of esters is 1. The van der Waals surface area contributed by atoms with Crippen LogP contribution in [-0.2, 0) is 37.4 Å². The standard InChI is InChI=1S/C33H42N2O7S/c1-23(2)20-29(35-43(38,39)28-18-16-26(40-6)17-19-28)31(36)34-30(32(37)42-33(3,4)5)21-24-12-14-27(15-13-24)41-22-25-10-8-7-9-11-25/h7-19,23,29-30,35H,20-22H2,1-6H3,(H,34,36). The van der Waals surface area contributed by atoms with Gasteiger partial charge in [-0.3, -0.25) is 4.79 Å². The van der Waals surface area contributed by atoms with Crippen LogP contribution in [0.3, 0.4) is 0 Å². The molecule has 0 saturated carbocycles. The van der Waals surface area contributed by atoms with E-state index in [-0.39, 0.29) is 23.7 Å². The van der Waals surface area contributed by atoms with Gasteiger partial charge in [0, 0.05) is 6.42 Å². The topological polar surface area (TPSA) is 120 Å². The summed E-state index contributed by atoms with van der Waals surface area (Å²) in [5, 5.41) is 2.76. The molecule has 1 amide bonds. The zero-order valence-corrected chi connectivity index (χ0v) is 26.4. The van der Waals surface area contributed by atoms with Crippen LogP contribution < -0.4 is 19.5 Å². The first-order chi connectivity index (χ1) is 20.3. The number of benzene rings is 3. The van der Waals surface area contributed by atoms with Gasteiger partial charge >= 0.3 is 5.97 Å². The highest BCUT2D eigenvalue weighted by Crippen LogP contribution is 2.19. The first-order valence-corrected chi connectivity index (χ1v) is 15.7. The third-order valence-corrected chi connectivity index (χ3v) is 7.80. The monoisotopic (exact) mass is 610 g/mol. The van der Waals surface area contributed by atoms with Crippen molar-refractivity contribution in [1.82, 2.24) is 10.0 Å².